The van der Waals surface area contributed by atoms with Gasteiger partial charge in [-0.3, -0.25) is 0 Å². The van der Waals surface area contributed by atoms with Gasteiger partial charge in [-0.1, -0.05) is 24.3 Å². The van der Waals surface area contributed by atoms with E-state index < -0.39 is 10.0 Å². The number of hydrogen-bond acceptors (Lipinski definition) is 4. The van der Waals surface area contributed by atoms with Crippen molar-refractivity contribution in [3.05, 3.63) is 53.1 Å². The third kappa shape index (κ3) is 2.87. The van der Waals surface area contributed by atoms with Crippen LogP contribution in [0.3, 0.4) is 0 Å². The molecule has 24 heavy (non-hydrogen) atoms. The lowest BCUT2D eigenvalue weighted by Gasteiger charge is -2.28. The SMILES string of the molecule is COc1cc(S(=O)(=O)N2CCc3ccccc3C2)c(OC)cc1C. The summed E-state index contributed by atoms with van der Waals surface area (Å²) in [6.45, 7) is 2.69. The van der Waals surface area contributed by atoms with Crippen molar-refractivity contribution in [2.24, 2.45) is 0 Å². The molecule has 0 amide bonds. The number of hydrogen-bond donors (Lipinski definition) is 0. The Morgan fingerprint density at radius 2 is 1.67 bits per heavy atom. The minimum absolute atomic E-state index is 0.145. The normalized spacial score (nSPS) is 15.0. The second kappa shape index (κ2) is 6.45. The molecule has 0 unspecified atom stereocenters. The lowest BCUT2D eigenvalue weighted by atomic mass is 10.0. The standard InChI is InChI=1S/C18H21NO4S/c1-13-10-17(23-3)18(11-16(13)22-2)24(20,21)19-9-8-14-6-4-5-7-15(14)12-19/h4-7,10-11H,8-9,12H2,1-3H3. The predicted molar refractivity (Wildman–Crippen MR) is 92.0 cm³/mol. The molecule has 0 saturated carbocycles. The number of aryl methyl sites for hydroxylation is 1. The number of nitrogens with zero attached hydrogens (tertiary/aromatic N) is 1. The minimum Gasteiger partial charge on any atom is -0.496 e. The number of rotatable bonds is 4. The van der Waals surface area contributed by atoms with Gasteiger partial charge in [0.2, 0.25) is 10.0 Å². The summed E-state index contributed by atoms with van der Waals surface area (Å²) in [7, 11) is -0.660. The summed E-state index contributed by atoms with van der Waals surface area (Å²) in [6, 6.07) is 11.2. The summed E-state index contributed by atoms with van der Waals surface area (Å²) in [5, 5.41) is 0. The average Bonchev–Trinajstić information content (AvgIpc) is 2.60. The van der Waals surface area contributed by atoms with Crippen molar-refractivity contribution < 1.29 is 17.9 Å². The first-order valence-electron chi connectivity index (χ1n) is 7.77. The Labute approximate surface area is 142 Å². The zero-order valence-electron chi connectivity index (χ0n) is 14.1. The Kier molecular flexibility index (Phi) is 4.51. The number of methoxy groups -OCH3 is 2. The zero-order valence-corrected chi connectivity index (χ0v) is 14.9. The van der Waals surface area contributed by atoms with E-state index in [1.165, 1.54) is 24.1 Å². The van der Waals surface area contributed by atoms with Gasteiger partial charge in [0.05, 0.1) is 14.2 Å². The van der Waals surface area contributed by atoms with Crippen LogP contribution in [0.1, 0.15) is 16.7 Å². The number of ether oxygens (including phenoxy) is 2. The molecule has 0 saturated heterocycles. The molecule has 0 spiro atoms. The van der Waals surface area contributed by atoms with Gasteiger partial charge in [0.25, 0.3) is 0 Å². The molecule has 1 aliphatic heterocycles. The second-order valence-corrected chi connectivity index (χ2v) is 7.74. The summed E-state index contributed by atoms with van der Waals surface area (Å²) >= 11 is 0. The summed E-state index contributed by atoms with van der Waals surface area (Å²) in [4.78, 5) is 0.145. The van der Waals surface area contributed by atoms with Crippen molar-refractivity contribution in [3.8, 4) is 11.5 Å². The first-order chi connectivity index (χ1) is 11.5. The van der Waals surface area contributed by atoms with E-state index in [0.717, 1.165) is 11.1 Å². The zero-order chi connectivity index (χ0) is 17.3. The van der Waals surface area contributed by atoms with Crippen molar-refractivity contribution in [1.82, 2.24) is 4.31 Å². The molecule has 0 fully saturated rings. The maximum absolute atomic E-state index is 13.1. The first-order valence-corrected chi connectivity index (χ1v) is 9.21. The van der Waals surface area contributed by atoms with E-state index in [-0.39, 0.29) is 4.90 Å². The monoisotopic (exact) mass is 347 g/mol. The molecule has 2 aromatic rings. The number of sulfonamides is 1. The maximum atomic E-state index is 13.1. The van der Waals surface area contributed by atoms with Gasteiger partial charge in [-0.05, 0) is 36.1 Å². The van der Waals surface area contributed by atoms with Crippen LogP contribution in [0, 0.1) is 6.92 Å². The molecule has 1 heterocycles. The molecule has 0 aromatic heterocycles. The first kappa shape index (κ1) is 16.8. The summed E-state index contributed by atoms with van der Waals surface area (Å²) in [5.74, 6) is 0.874. The molecule has 5 nitrogen and oxygen atoms in total. The summed E-state index contributed by atoms with van der Waals surface area (Å²) in [6.07, 6.45) is 0.709. The molecular formula is C18H21NO4S. The Balaban J connectivity index is 2.03. The van der Waals surface area contributed by atoms with Gasteiger partial charge < -0.3 is 9.47 Å². The molecule has 1 aliphatic rings. The van der Waals surface area contributed by atoms with E-state index in [2.05, 4.69) is 6.07 Å². The highest BCUT2D eigenvalue weighted by atomic mass is 32.2. The van der Waals surface area contributed by atoms with Crippen molar-refractivity contribution in [1.29, 1.82) is 0 Å². The van der Waals surface area contributed by atoms with E-state index in [0.29, 0.717) is 31.0 Å². The topological polar surface area (TPSA) is 55.8 Å². The Morgan fingerprint density at radius 1 is 1.00 bits per heavy atom. The highest BCUT2D eigenvalue weighted by Crippen LogP contribution is 2.35. The molecule has 128 valence electrons. The minimum atomic E-state index is -3.67. The Hall–Kier alpha value is -2.05. The molecule has 0 aliphatic carbocycles. The Morgan fingerprint density at radius 3 is 2.33 bits per heavy atom. The van der Waals surface area contributed by atoms with Crippen molar-refractivity contribution >= 4 is 10.0 Å². The number of benzene rings is 2. The average molecular weight is 347 g/mol. The van der Waals surface area contributed by atoms with Crippen LogP contribution < -0.4 is 9.47 Å². The van der Waals surface area contributed by atoms with Crippen LogP contribution >= 0.6 is 0 Å². The molecule has 0 radical (unpaired) electrons. The third-order valence-corrected chi connectivity index (χ3v) is 6.26. The molecular weight excluding hydrogens is 326 g/mol. The van der Waals surface area contributed by atoms with E-state index >= 15 is 0 Å². The van der Waals surface area contributed by atoms with E-state index in [9.17, 15) is 8.42 Å². The van der Waals surface area contributed by atoms with Crippen LogP contribution in [-0.4, -0.2) is 33.5 Å². The summed E-state index contributed by atoms with van der Waals surface area (Å²) < 4.78 is 38.4. The van der Waals surface area contributed by atoms with Crippen LogP contribution in [0.4, 0.5) is 0 Å². The highest BCUT2D eigenvalue weighted by molar-refractivity contribution is 7.89. The lowest BCUT2D eigenvalue weighted by molar-refractivity contribution is 0.372. The van der Waals surface area contributed by atoms with Gasteiger partial charge in [-0.2, -0.15) is 4.31 Å². The molecule has 6 heteroatoms. The molecule has 3 rings (SSSR count). The quantitative estimate of drug-likeness (QED) is 0.853. The van der Waals surface area contributed by atoms with E-state index in [4.69, 9.17) is 9.47 Å². The van der Waals surface area contributed by atoms with Gasteiger partial charge in [0.15, 0.2) is 0 Å². The summed E-state index contributed by atoms with van der Waals surface area (Å²) in [5.41, 5.74) is 3.08. The molecule has 2 aromatic carbocycles. The van der Waals surface area contributed by atoms with Crippen molar-refractivity contribution in [2.75, 3.05) is 20.8 Å². The lowest BCUT2D eigenvalue weighted by Crippen LogP contribution is -2.36. The smallest absolute Gasteiger partial charge is 0.247 e. The van der Waals surface area contributed by atoms with Gasteiger partial charge in [-0.25, -0.2) is 8.42 Å². The predicted octanol–water partition coefficient (Wildman–Crippen LogP) is 2.76. The maximum Gasteiger partial charge on any atom is 0.247 e. The third-order valence-electron chi connectivity index (χ3n) is 4.39. The van der Waals surface area contributed by atoms with Crippen LogP contribution in [0.5, 0.6) is 11.5 Å². The largest absolute Gasteiger partial charge is 0.496 e. The molecule has 0 N–H and O–H groups in total. The number of fused-ring (bicyclic) bond motifs is 1. The fourth-order valence-electron chi connectivity index (χ4n) is 3.04. The second-order valence-electron chi connectivity index (χ2n) is 5.83. The van der Waals surface area contributed by atoms with Gasteiger partial charge >= 0.3 is 0 Å². The van der Waals surface area contributed by atoms with E-state index in [1.54, 1.807) is 12.1 Å². The van der Waals surface area contributed by atoms with Crippen molar-refractivity contribution in [2.45, 2.75) is 24.8 Å². The van der Waals surface area contributed by atoms with Crippen LogP contribution in [0.15, 0.2) is 41.3 Å². The van der Waals surface area contributed by atoms with E-state index in [1.807, 2.05) is 25.1 Å². The Bertz CT molecular complexity index is 861. The van der Waals surface area contributed by atoms with Gasteiger partial charge in [0.1, 0.15) is 16.4 Å². The fourth-order valence-corrected chi connectivity index (χ4v) is 4.61. The van der Waals surface area contributed by atoms with Crippen LogP contribution in [0.2, 0.25) is 0 Å². The van der Waals surface area contributed by atoms with Crippen LogP contribution in [-0.2, 0) is 23.0 Å². The van der Waals surface area contributed by atoms with Gasteiger partial charge in [-0.15, -0.1) is 0 Å². The van der Waals surface area contributed by atoms with Crippen LogP contribution in [0.25, 0.3) is 0 Å². The van der Waals surface area contributed by atoms with Gasteiger partial charge in [0, 0.05) is 19.2 Å². The molecule has 0 atom stereocenters. The molecule has 0 bridgehead atoms. The fraction of sp³-hybridized carbons (Fsp3) is 0.333. The van der Waals surface area contributed by atoms with Crippen molar-refractivity contribution in [3.63, 3.8) is 0 Å². The highest BCUT2D eigenvalue weighted by Gasteiger charge is 2.31.